The lowest BCUT2D eigenvalue weighted by atomic mass is 10.1. The van der Waals surface area contributed by atoms with Gasteiger partial charge in [-0.3, -0.25) is 9.69 Å². The number of thioether (sulfide) groups is 1. The van der Waals surface area contributed by atoms with Gasteiger partial charge in [-0.2, -0.15) is 8.42 Å². The van der Waals surface area contributed by atoms with Crippen LogP contribution in [0.25, 0.3) is 11.0 Å². The van der Waals surface area contributed by atoms with E-state index in [9.17, 15) is 22.8 Å². The fourth-order valence-corrected chi connectivity index (χ4v) is 7.25. The number of β-lactam (4-membered cyclic amide) rings is 1. The number of carbonyl (C=O) groups excluding carboxylic acids is 2. The number of aryl methyl sites for hydroxylation is 1. The smallest absolute Gasteiger partial charge is 0.355 e. The molecule has 13 heteroatoms. The number of hydrogen-bond donors (Lipinski definition) is 0. The summed E-state index contributed by atoms with van der Waals surface area (Å²) in [7, 11) is -2.71. The molecule has 0 radical (unpaired) electrons. The average molecular weight is 650 g/mol. The molecule has 0 spiro atoms. The van der Waals surface area contributed by atoms with Crippen molar-refractivity contribution >= 4 is 44.7 Å². The number of carbonyl (C=O) groups is 2. The first-order valence-electron chi connectivity index (χ1n) is 13.8. The highest BCUT2D eigenvalue weighted by Gasteiger charge is 2.56. The fourth-order valence-electron chi connectivity index (χ4n) is 4.84. The second-order valence-corrected chi connectivity index (χ2v) is 13.0. The predicted octanol–water partition coefficient (Wildman–Crippen LogP) is 4.18. The van der Waals surface area contributed by atoms with Crippen molar-refractivity contribution in [1.82, 2.24) is 4.90 Å². The lowest BCUT2D eigenvalue weighted by Crippen LogP contribution is -2.66. The summed E-state index contributed by atoms with van der Waals surface area (Å²) in [6.45, 7) is 1.65. The molecule has 2 aliphatic heterocycles. The van der Waals surface area contributed by atoms with Crippen LogP contribution in [0, 0.1) is 6.92 Å². The van der Waals surface area contributed by atoms with Gasteiger partial charge in [-0.25, -0.2) is 13.8 Å². The maximum atomic E-state index is 13.5. The normalized spacial score (nSPS) is 17.9. The molecule has 0 unspecified atom stereocenters. The lowest BCUT2D eigenvalue weighted by Gasteiger charge is -2.48. The van der Waals surface area contributed by atoms with Gasteiger partial charge in [-0.05, 0) is 55.0 Å². The van der Waals surface area contributed by atoms with E-state index in [0.29, 0.717) is 33.6 Å². The van der Waals surface area contributed by atoms with Crippen molar-refractivity contribution in [2.24, 2.45) is 0 Å². The fraction of sp³-hybridized carbons (Fsp3) is 0.219. The molecular formula is C32H27NO10S2. The van der Waals surface area contributed by atoms with Crippen LogP contribution in [-0.2, 0) is 35.2 Å². The molecule has 1 amide bonds. The molecule has 0 aliphatic carbocycles. The first kappa shape index (κ1) is 30.4. The van der Waals surface area contributed by atoms with Gasteiger partial charge in [0.05, 0.1) is 12.0 Å². The molecule has 4 aromatic rings. The van der Waals surface area contributed by atoms with Crippen molar-refractivity contribution in [3.8, 4) is 11.5 Å². The number of methoxy groups -OCH3 is 1. The van der Waals surface area contributed by atoms with Crippen molar-refractivity contribution in [3.05, 3.63) is 112 Å². The molecule has 2 aliphatic rings. The molecular weight excluding hydrogens is 622 g/mol. The third kappa shape index (κ3) is 6.32. The topological polar surface area (TPSA) is 139 Å². The Labute approximate surface area is 262 Å². The molecule has 1 saturated heterocycles. The van der Waals surface area contributed by atoms with Crippen LogP contribution in [0.15, 0.2) is 104 Å². The van der Waals surface area contributed by atoms with Gasteiger partial charge in [-0.1, -0.05) is 29.8 Å². The van der Waals surface area contributed by atoms with Crippen LogP contribution < -0.4 is 15.1 Å². The number of esters is 1. The van der Waals surface area contributed by atoms with Crippen LogP contribution in [-0.4, -0.2) is 56.1 Å². The molecule has 3 aromatic carbocycles. The quantitative estimate of drug-likeness (QED) is 0.106. The standard InChI is InChI=1S/C32H27NO10S2/c1-19-3-12-25(13-4-19)45(37,38)43-29-30(35)33-28(32(36)41-16-20-5-9-23(39-2)10-6-20)22(18-44-31(29)33)17-40-24-11-7-21-8-14-27(34)42-26(21)15-24/h3-15,29,31H,16-18H2,1-2H3/t29-,31-/m0/s1. The summed E-state index contributed by atoms with van der Waals surface area (Å²) in [6.07, 6.45) is -1.32. The van der Waals surface area contributed by atoms with E-state index in [1.54, 1.807) is 67.8 Å². The minimum absolute atomic E-state index is 0.0304. The highest BCUT2D eigenvalue weighted by atomic mass is 32.2. The second kappa shape index (κ2) is 12.4. The van der Waals surface area contributed by atoms with E-state index in [2.05, 4.69) is 0 Å². The van der Waals surface area contributed by atoms with E-state index in [0.717, 1.165) is 5.56 Å². The van der Waals surface area contributed by atoms with E-state index >= 15 is 0 Å². The number of ether oxygens (including phenoxy) is 3. The average Bonchev–Trinajstić information content (AvgIpc) is 3.04. The Morgan fingerprint density at radius 3 is 2.40 bits per heavy atom. The molecule has 232 valence electrons. The first-order chi connectivity index (χ1) is 21.6. The summed E-state index contributed by atoms with van der Waals surface area (Å²) < 4.78 is 53.3. The van der Waals surface area contributed by atoms with Crippen LogP contribution >= 0.6 is 11.8 Å². The Hall–Kier alpha value is -4.59. The van der Waals surface area contributed by atoms with Gasteiger partial charge in [0.15, 0.2) is 6.10 Å². The van der Waals surface area contributed by atoms with Crippen molar-refractivity contribution < 1.29 is 40.8 Å². The van der Waals surface area contributed by atoms with Crippen molar-refractivity contribution in [1.29, 1.82) is 0 Å². The van der Waals surface area contributed by atoms with E-state index < -0.39 is 39.1 Å². The number of rotatable bonds is 10. The Bertz CT molecular complexity index is 1970. The summed E-state index contributed by atoms with van der Waals surface area (Å²) in [5, 5.41) is -0.0715. The van der Waals surface area contributed by atoms with Gasteiger partial charge in [0.25, 0.3) is 16.0 Å². The molecule has 0 N–H and O–H groups in total. The van der Waals surface area contributed by atoms with Crippen LogP contribution in [0.3, 0.4) is 0 Å². The van der Waals surface area contributed by atoms with E-state index in [1.807, 2.05) is 6.92 Å². The van der Waals surface area contributed by atoms with Crippen molar-refractivity contribution in [3.63, 3.8) is 0 Å². The zero-order chi connectivity index (χ0) is 31.7. The maximum Gasteiger partial charge on any atom is 0.355 e. The van der Waals surface area contributed by atoms with E-state index in [4.69, 9.17) is 22.8 Å². The maximum absolute atomic E-state index is 13.5. The molecule has 11 nitrogen and oxygen atoms in total. The summed E-state index contributed by atoms with van der Waals surface area (Å²) in [6, 6.07) is 21.0. The van der Waals surface area contributed by atoms with Crippen molar-refractivity contribution in [2.45, 2.75) is 29.9 Å². The molecule has 6 rings (SSSR count). The van der Waals surface area contributed by atoms with Gasteiger partial charge in [0.1, 0.15) is 41.4 Å². The van der Waals surface area contributed by atoms with E-state index in [-0.39, 0.29) is 29.6 Å². The number of amides is 1. The molecule has 45 heavy (non-hydrogen) atoms. The second-order valence-electron chi connectivity index (χ2n) is 10.3. The van der Waals surface area contributed by atoms with Gasteiger partial charge >= 0.3 is 11.6 Å². The lowest BCUT2D eigenvalue weighted by molar-refractivity contribution is -0.158. The zero-order valence-corrected chi connectivity index (χ0v) is 25.8. The number of fused-ring (bicyclic) bond motifs is 2. The van der Waals surface area contributed by atoms with Gasteiger partial charge in [0, 0.05) is 28.8 Å². The molecule has 0 bridgehead atoms. The van der Waals surface area contributed by atoms with Crippen molar-refractivity contribution in [2.75, 3.05) is 19.5 Å². The SMILES string of the molecule is COc1ccc(COC(=O)C2=C(COc3ccc4ccc(=O)oc4c3)CS[C@H]3[C@@H](OS(=O)(=O)c4ccc(C)cc4)C(=O)N23)cc1. The number of hydrogen-bond acceptors (Lipinski definition) is 11. The predicted molar refractivity (Wildman–Crippen MR) is 164 cm³/mol. The van der Waals surface area contributed by atoms with Gasteiger partial charge in [-0.15, -0.1) is 11.8 Å². The van der Waals surface area contributed by atoms with Gasteiger partial charge in [0.2, 0.25) is 0 Å². The minimum atomic E-state index is -4.25. The highest BCUT2D eigenvalue weighted by Crippen LogP contribution is 2.43. The Kier molecular flexibility index (Phi) is 8.40. The molecule has 0 saturated carbocycles. The number of nitrogens with zero attached hydrogens (tertiary/aromatic N) is 1. The Balaban J connectivity index is 1.24. The van der Waals surface area contributed by atoms with Crippen LogP contribution in [0.5, 0.6) is 11.5 Å². The van der Waals surface area contributed by atoms with Crippen LogP contribution in [0.1, 0.15) is 11.1 Å². The van der Waals surface area contributed by atoms with Gasteiger partial charge < -0.3 is 18.6 Å². The summed E-state index contributed by atoms with van der Waals surface area (Å²) in [5.74, 6) is -0.210. The summed E-state index contributed by atoms with van der Waals surface area (Å²) in [5.41, 5.74) is 1.82. The summed E-state index contributed by atoms with van der Waals surface area (Å²) in [4.78, 5) is 39.7. The third-order valence-corrected chi connectivity index (χ3v) is 9.89. The molecule has 3 heterocycles. The van der Waals surface area contributed by atoms with E-state index in [1.165, 1.54) is 34.9 Å². The Morgan fingerprint density at radius 1 is 0.956 bits per heavy atom. The minimum Gasteiger partial charge on any atom is -0.497 e. The van der Waals surface area contributed by atoms with Crippen LogP contribution in [0.4, 0.5) is 0 Å². The third-order valence-electron chi connectivity index (χ3n) is 7.27. The number of benzene rings is 3. The monoisotopic (exact) mass is 649 g/mol. The zero-order valence-electron chi connectivity index (χ0n) is 24.1. The largest absolute Gasteiger partial charge is 0.497 e. The first-order valence-corrected chi connectivity index (χ1v) is 16.2. The summed E-state index contributed by atoms with van der Waals surface area (Å²) >= 11 is 1.25. The van der Waals surface area contributed by atoms with Crippen LogP contribution in [0.2, 0.25) is 0 Å². The molecule has 2 atom stereocenters. The molecule has 1 aromatic heterocycles. The molecule has 1 fully saturated rings. The highest BCUT2D eigenvalue weighted by molar-refractivity contribution is 8.00. The Morgan fingerprint density at radius 2 is 1.67 bits per heavy atom.